The zero-order valence-corrected chi connectivity index (χ0v) is 16.3. The molecule has 3 aromatic carbocycles. The molecule has 0 bridgehead atoms. The van der Waals surface area contributed by atoms with Crippen molar-refractivity contribution < 1.29 is 13.6 Å². The van der Waals surface area contributed by atoms with Gasteiger partial charge in [-0.05, 0) is 48.5 Å². The lowest BCUT2D eigenvalue weighted by Gasteiger charge is -2.13. The van der Waals surface area contributed by atoms with Gasteiger partial charge in [-0.3, -0.25) is 14.2 Å². The second-order valence-electron chi connectivity index (χ2n) is 6.35. The van der Waals surface area contributed by atoms with Gasteiger partial charge in [0.15, 0.2) is 5.16 Å². The summed E-state index contributed by atoms with van der Waals surface area (Å²) >= 11 is 1.01. The molecule has 0 radical (unpaired) electrons. The van der Waals surface area contributed by atoms with Crippen LogP contribution in [-0.4, -0.2) is 21.2 Å². The van der Waals surface area contributed by atoms with E-state index in [-0.39, 0.29) is 22.5 Å². The molecule has 8 heteroatoms. The maximum absolute atomic E-state index is 14.4. The van der Waals surface area contributed by atoms with E-state index in [0.29, 0.717) is 16.6 Å². The molecule has 5 nitrogen and oxygen atoms in total. The molecule has 30 heavy (non-hydrogen) atoms. The summed E-state index contributed by atoms with van der Waals surface area (Å²) in [5.74, 6) is -1.42. The maximum atomic E-state index is 14.4. The molecule has 0 fully saturated rings. The number of nitrogens with one attached hydrogen (secondary N) is 1. The van der Waals surface area contributed by atoms with Crippen LogP contribution < -0.4 is 10.9 Å². The van der Waals surface area contributed by atoms with Crippen molar-refractivity contribution in [2.45, 2.75) is 5.16 Å². The van der Waals surface area contributed by atoms with Gasteiger partial charge in [-0.25, -0.2) is 13.8 Å². The third-order valence-corrected chi connectivity index (χ3v) is 5.24. The number of nitrogens with zero attached hydrogens (tertiary/aromatic N) is 2. The molecule has 0 atom stereocenters. The number of para-hydroxylation sites is 2. The number of thioether (sulfide) groups is 1. The van der Waals surface area contributed by atoms with Crippen molar-refractivity contribution in [2.24, 2.45) is 0 Å². The van der Waals surface area contributed by atoms with Gasteiger partial charge in [0.1, 0.15) is 11.6 Å². The molecule has 0 aliphatic carbocycles. The SMILES string of the molecule is O=C(CSc1nc2ccccc2c(=O)n1-c1ccccc1F)Nc1ccc(F)cc1. The van der Waals surface area contributed by atoms with E-state index in [2.05, 4.69) is 10.3 Å². The minimum atomic E-state index is -0.575. The van der Waals surface area contributed by atoms with Crippen LogP contribution in [0.1, 0.15) is 0 Å². The summed E-state index contributed by atoms with van der Waals surface area (Å²) < 4.78 is 28.6. The van der Waals surface area contributed by atoms with Crippen LogP contribution in [0, 0.1) is 11.6 Å². The van der Waals surface area contributed by atoms with Gasteiger partial charge >= 0.3 is 0 Å². The summed E-state index contributed by atoms with van der Waals surface area (Å²) in [5, 5.41) is 3.19. The smallest absolute Gasteiger partial charge is 0.266 e. The quantitative estimate of drug-likeness (QED) is 0.382. The van der Waals surface area contributed by atoms with Crippen LogP contribution in [-0.2, 0) is 4.79 Å². The van der Waals surface area contributed by atoms with Crippen LogP contribution >= 0.6 is 11.8 Å². The standard InChI is InChI=1S/C22H15F2N3O2S/c23-14-9-11-15(12-10-14)25-20(28)13-30-22-26-18-7-3-1-5-16(18)21(29)27(22)19-8-4-2-6-17(19)24/h1-12H,13H2,(H,25,28). The molecule has 4 rings (SSSR count). The number of amides is 1. The number of carbonyl (C=O) groups excluding carboxylic acids is 1. The van der Waals surface area contributed by atoms with Crippen LogP contribution in [0.4, 0.5) is 14.5 Å². The monoisotopic (exact) mass is 423 g/mol. The van der Waals surface area contributed by atoms with E-state index in [9.17, 15) is 18.4 Å². The number of rotatable bonds is 5. The van der Waals surface area contributed by atoms with Gasteiger partial charge in [0.2, 0.25) is 5.91 Å². The second kappa shape index (κ2) is 8.46. The lowest BCUT2D eigenvalue weighted by molar-refractivity contribution is -0.113. The number of fused-ring (bicyclic) bond motifs is 1. The molecule has 4 aromatic rings. The van der Waals surface area contributed by atoms with E-state index < -0.39 is 17.2 Å². The summed E-state index contributed by atoms with van der Waals surface area (Å²) in [6.45, 7) is 0. The van der Waals surface area contributed by atoms with Gasteiger partial charge in [-0.2, -0.15) is 0 Å². The summed E-state index contributed by atoms with van der Waals surface area (Å²) in [6, 6.07) is 18.0. The van der Waals surface area contributed by atoms with Crippen LogP contribution in [0.15, 0.2) is 82.7 Å². The van der Waals surface area contributed by atoms with Gasteiger partial charge < -0.3 is 5.32 Å². The summed E-state index contributed by atoms with van der Waals surface area (Å²) in [4.78, 5) is 29.9. The average molecular weight is 423 g/mol. The highest BCUT2D eigenvalue weighted by atomic mass is 32.2. The predicted octanol–water partition coefficient (Wildman–Crippen LogP) is 4.39. The first-order valence-electron chi connectivity index (χ1n) is 8.98. The molecule has 0 spiro atoms. The topological polar surface area (TPSA) is 64.0 Å². The summed E-state index contributed by atoms with van der Waals surface area (Å²) in [7, 11) is 0. The molecule has 0 saturated carbocycles. The number of carbonyl (C=O) groups is 1. The van der Waals surface area contributed by atoms with Gasteiger partial charge in [0.05, 0.1) is 22.3 Å². The highest BCUT2D eigenvalue weighted by molar-refractivity contribution is 7.99. The van der Waals surface area contributed by atoms with Gasteiger partial charge in [0, 0.05) is 5.69 Å². The van der Waals surface area contributed by atoms with Crippen molar-refractivity contribution in [3.63, 3.8) is 0 Å². The van der Waals surface area contributed by atoms with Crippen molar-refractivity contribution >= 4 is 34.3 Å². The van der Waals surface area contributed by atoms with Crippen molar-refractivity contribution in [1.29, 1.82) is 0 Å². The fraction of sp³-hybridized carbons (Fsp3) is 0.0455. The van der Waals surface area contributed by atoms with Crippen molar-refractivity contribution in [3.8, 4) is 5.69 Å². The Kier molecular flexibility index (Phi) is 5.58. The molecular weight excluding hydrogens is 408 g/mol. The molecule has 150 valence electrons. The Balaban J connectivity index is 1.68. The van der Waals surface area contributed by atoms with E-state index in [0.717, 1.165) is 11.8 Å². The Bertz CT molecular complexity index is 1290. The Hall–Kier alpha value is -3.52. The van der Waals surface area contributed by atoms with Crippen LogP contribution in [0.2, 0.25) is 0 Å². The van der Waals surface area contributed by atoms with E-state index in [1.165, 1.54) is 47.0 Å². The Labute approximate surface area is 174 Å². The number of benzene rings is 3. The number of aromatic nitrogens is 2. The predicted molar refractivity (Wildman–Crippen MR) is 113 cm³/mol. The lowest BCUT2D eigenvalue weighted by atomic mass is 10.2. The number of anilines is 1. The lowest BCUT2D eigenvalue weighted by Crippen LogP contribution is -2.23. The molecular formula is C22H15F2N3O2S. The van der Waals surface area contributed by atoms with Crippen molar-refractivity contribution in [1.82, 2.24) is 9.55 Å². The average Bonchev–Trinajstić information content (AvgIpc) is 2.75. The zero-order chi connectivity index (χ0) is 21.1. The largest absolute Gasteiger partial charge is 0.325 e. The summed E-state index contributed by atoms with van der Waals surface area (Å²) in [6.07, 6.45) is 0. The number of hydrogen-bond acceptors (Lipinski definition) is 4. The van der Waals surface area contributed by atoms with Crippen molar-refractivity contribution in [3.05, 3.63) is 94.8 Å². The molecule has 0 aliphatic heterocycles. The van der Waals surface area contributed by atoms with Gasteiger partial charge in [-0.15, -0.1) is 0 Å². The van der Waals surface area contributed by atoms with Crippen LogP contribution in [0.3, 0.4) is 0 Å². The van der Waals surface area contributed by atoms with Crippen molar-refractivity contribution in [2.75, 3.05) is 11.1 Å². The Morgan fingerprint density at radius 2 is 1.67 bits per heavy atom. The first kappa shape index (κ1) is 19.8. The first-order chi connectivity index (χ1) is 14.5. The second-order valence-corrected chi connectivity index (χ2v) is 7.29. The molecule has 0 unspecified atom stereocenters. The fourth-order valence-corrected chi connectivity index (χ4v) is 3.72. The molecule has 1 heterocycles. The fourth-order valence-electron chi connectivity index (χ4n) is 2.92. The minimum absolute atomic E-state index is 0.0576. The molecule has 0 aliphatic rings. The van der Waals surface area contributed by atoms with E-state index in [1.807, 2.05) is 0 Å². The molecule has 1 N–H and O–H groups in total. The molecule has 0 saturated heterocycles. The maximum Gasteiger partial charge on any atom is 0.266 e. The van der Waals surface area contributed by atoms with E-state index >= 15 is 0 Å². The van der Waals surface area contributed by atoms with E-state index in [4.69, 9.17) is 0 Å². The number of halogens is 2. The summed E-state index contributed by atoms with van der Waals surface area (Å²) in [5.41, 5.74) is 0.533. The third kappa shape index (κ3) is 4.08. The van der Waals surface area contributed by atoms with Crippen LogP contribution in [0.25, 0.3) is 16.6 Å². The Morgan fingerprint density at radius 1 is 0.967 bits per heavy atom. The first-order valence-corrected chi connectivity index (χ1v) is 9.96. The van der Waals surface area contributed by atoms with E-state index in [1.54, 1.807) is 30.3 Å². The normalized spacial score (nSPS) is 10.9. The van der Waals surface area contributed by atoms with Gasteiger partial charge in [0.25, 0.3) is 5.56 Å². The highest BCUT2D eigenvalue weighted by Crippen LogP contribution is 2.23. The highest BCUT2D eigenvalue weighted by Gasteiger charge is 2.17. The minimum Gasteiger partial charge on any atom is -0.325 e. The van der Waals surface area contributed by atoms with Gasteiger partial charge in [-0.1, -0.05) is 36.0 Å². The Morgan fingerprint density at radius 3 is 2.43 bits per heavy atom. The molecule has 1 aromatic heterocycles. The van der Waals surface area contributed by atoms with Crippen LogP contribution in [0.5, 0.6) is 0 Å². The molecule has 1 amide bonds. The number of hydrogen-bond donors (Lipinski definition) is 1. The third-order valence-electron chi connectivity index (χ3n) is 4.30. The zero-order valence-electron chi connectivity index (χ0n) is 15.5.